The van der Waals surface area contributed by atoms with Crippen molar-refractivity contribution in [2.75, 3.05) is 6.61 Å². The van der Waals surface area contributed by atoms with E-state index >= 15 is 0 Å². The van der Waals surface area contributed by atoms with Crippen LogP contribution in [0.1, 0.15) is 37.3 Å². The highest BCUT2D eigenvalue weighted by molar-refractivity contribution is 6.30. The van der Waals surface area contributed by atoms with Gasteiger partial charge in [0.25, 0.3) is 0 Å². The SMILES string of the molecule is CCOC(=O)C(C)c1ccc(OC(CCc2ccc(-c3ccc(Cl)cc3)cc2)C(=O)O)cc1. The molecule has 0 radical (unpaired) electrons. The number of benzene rings is 3. The van der Waals surface area contributed by atoms with Crippen molar-refractivity contribution in [3.05, 3.63) is 88.9 Å². The maximum absolute atomic E-state index is 11.9. The van der Waals surface area contributed by atoms with E-state index in [4.69, 9.17) is 21.1 Å². The van der Waals surface area contributed by atoms with Crippen LogP contribution in [0.2, 0.25) is 5.02 Å². The minimum Gasteiger partial charge on any atom is -0.479 e. The zero-order chi connectivity index (χ0) is 23.8. The van der Waals surface area contributed by atoms with Gasteiger partial charge in [0, 0.05) is 5.02 Å². The third-order valence-corrected chi connectivity index (χ3v) is 5.65. The van der Waals surface area contributed by atoms with Crippen LogP contribution in [-0.2, 0) is 20.7 Å². The van der Waals surface area contributed by atoms with Gasteiger partial charge >= 0.3 is 11.9 Å². The molecule has 0 amide bonds. The maximum Gasteiger partial charge on any atom is 0.344 e. The second-order valence-electron chi connectivity index (χ2n) is 7.73. The van der Waals surface area contributed by atoms with Gasteiger partial charge in [-0.15, -0.1) is 0 Å². The van der Waals surface area contributed by atoms with Gasteiger partial charge in [-0.05, 0) is 73.2 Å². The fourth-order valence-electron chi connectivity index (χ4n) is 3.44. The predicted molar refractivity (Wildman–Crippen MR) is 129 cm³/mol. The number of hydrogen-bond acceptors (Lipinski definition) is 4. The van der Waals surface area contributed by atoms with Gasteiger partial charge in [-0.1, -0.05) is 60.1 Å². The molecule has 2 atom stereocenters. The van der Waals surface area contributed by atoms with E-state index in [1.165, 1.54) is 0 Å². The van der Waals surface area contributed by atoms with Crippen LogP contribution in [0.3, 0.4) is 0 Å². The van der Waals surface area contributed by atoms with Crippen LogP contribution in [0, 0.1) is 0 Å². The number of carboxylic acid groups (broad SMARTS) is 1. The molecule has 0 bridgehead atoms. The molecule has 0 saturated heterocycles. The van der Waals surface area contributed by atoms with Crippen molar-refractivity contribution >= 4 is 23.5 Å². The number of aliphatic carboxylic acids is 1. The quantitative estimate of drug-likeness (QED) is 0.363. The Morgan fingerprint density at radius 2 is 1.48 bits per heavy atom. The number of aryl methyl sites for hydroxylation is 1. The molecule has 172 valence electrons. The standard InChI is InChI=1S/C27H27ClO5/c1-3-32-27(31)18(2)20-11-15-24(16-12-20)33-25(26(29)30)17-6-19-4-7-21(8-5-19)22-9-13-23(28)14-10-22/h4-5,7-16,18,25H,3,6,17H2,1-2H3,(H,29,30). The highest BCUT2D eigenvalue weighted by Crippen LogP contribution is 2.24. The molecule has 33 heavy (non-hydrogen) atoms. The van der Waals surface area contributed by atoms with Crippen molar-refractivity contribution < 1.29 is 24.2 Å². The molecule has 3 rings (SSSR count). The molecular formula is C27H27ClO5. The topological polar surface area (TPSA) is 72.8 Å². The molecule has 1 N–H and O–H groups in total. The third kappa shape index (κ3) is 6.83. The average molecular weight is 467 g/mol. The van der Waals surface area contributed by atoms with E-state index in [2.05, 4.69) is 0 Å². The van der Waals surface area contributed by atoms with Crippen LogP contribution in [0.25, 0.3) is 11.1 Å². The van der Waals surface area contributed by atoms with Crippen molar-refractivity contribution in [1.29, 1.82) is 0 Å². The summed E-state index contributed by atoms with van der Waals surface area (Å²) >= 11 is 5.95. The van der Waals surface area contributed by atoms with Crippen molar-refractivity contribution in [1.82, 2.24) is 0 Å². The summed E-state index contributed by atoms with van der Waals surface area (Å²) in [5.41, 5.74) is 3.95. The molecule has 3 aromatic rings. The number of carbonyl (C=O) groups is 2. The Kier molecular flexibility index (Phi) is 8.50. The maximum atomic E-state index is 11.9. The van der Waals surface area contributed by atoms with Gasteiger partial charge < -0.3 is 14.6 Å². The molecular weight excluding hydrogens is 440 g/mol. The summed E-state index contributed by atoms with van der Waals surface area (Å²) in [6, 6.07) is 22.5. The van der Waals surface area contributed by atoms with E-state index in [-0.39, 0.29) is 5.97 Å². The van der Waals surface area contributed by atoms with E-state index in [0.717, 1.165) is 22.3 Å². The van der Waals surface area contributed by atoms with Crippen LogP contribution in [0.5, 0.6) is 5.75 Å². The van der Waals surface area contributed by atoms with Gasteiger partial charge in [0.15, 0.2) is 6.10 Å². The van der Waals surface area contributed by atoms with Crippen LogP contribution >= 0.6 is 11.6 Å². The summed E-state index contributed by atoms with van der Waals surface area (Å²) in [5, 5.41) is 10.3. The molecule has 0 fully saturated rings. The van der Waals surface area contributed by atoms with Crippen LogP contribution in [0.4, 0.5) is 0 Å². The molecule has 0 aromatic heterocycles. The second kappa shape index (κ2) is 11.5. The lowest BCUT2D eigenvalue weighted by molar-refractivity contribution is -0.145. The zero-order valence-corrected chi connectivity index (χ0v) is 19.4. The van der Waals surface area contributed by atoms with Gasteiger partial charge in [-0.25, -0.2) is 4.79 Å². The Morgan fingerprint density at radius 1 is 0.909 bits per heavy atom. The normalized spacial score (nSPS) is 12.6. The van der Waals surface area contributed by atoms with E-state index in [0.29, 0.717) is 30.2 Å². The summed E-state index contributed by atoms with van der Waals surface area (Å²) in [4.78, 5) is 23.6. The smallest absolute Gasteiger partial charge is 0.344 e. The van der Waals surface area contributed by atoms with Crippen LogP contribution in [0.15, 0.2) is 72.8 Å². The predicted octanol–water partition coefficient (Wildman–Crippen LogP) is 6.14. The first-order chi connectivity index (χ1) is 15.9. The molecule has 0 aliphatic rings. The van der Waals surface area contributed by atoms with Gasteiger partial charge in [0.2, 0.25) is 0 Å². The Bertz CT molecular complexity index is 1060. The fraction of sp³-hybridized carbons (Fsp3) is 0.259. The number of carbonyl (C=O) groups excluding carboxylic acids is 1. The van der Waals surface area contributed by atoms with E-state index in [1.54, 1.807) is 38.1 Å². The lowest BCUT2D eigenvalue weighted by Gasteiger charge is -2.16. The summed E-state index contributed by atoms with van der Waals surface area (Å²) in [6.45, 7) is 3.86. The molecule has 0 heterocycles. The number of hydrogen-bond donors (Lipinski definition) is 1. The van der Waals surface area contributed by atoms with Gasteiger partial charge in [-0.2, -0.15) is 0 Å². The molecule has 0 spiro atoms. The second-order valence-corrected chi connectivity index (χ2v) is 8.17. The Morgan fingerprint density at radius 3 is 2.03 bits per heavy atom. The summed E-state index contributed by atoms with van der Waals surface area (Å²) in [7, 11) is 0. The number of halogens is 1. The van der Waals surface area contributed by atoms with Crippen molar-refractivity contribution in [3.8, 4) is 16.9 Å². The monoisotopic (exact) mass is 466 g/mol. The number of ether oxygens (including phenoxy) is 2. The average Bonchev–Trinajstić information content (AvgIpc) is 2.82. The highest BCUT2D eigenvalue weighted by Gasteiger charge is 2.20. The third-order valence-electron chi connectivity index (χ3n) is 5.40. The van der Waals surface area contributed by atoms with Gasteiger partial charge in [-0.3, -0.25) is 4.79 Å². The lowest BCUT2D eigenvalue weighted by atomic mass is 10.0. The fourth-order valence-corrected chi connectivity index (χ4v) is 3.57. The first-order valence-electron chi connectivity index (χ1n) is 10.9. The van der Waals surface area contributed by atoms with Crippen LogP contribution < -0.4 is 4.74 Å². The van der Waals surface area contributed by atoms with E-state index in [9.17, 15) is 14.7 Å². The molecule has 3 aromatic carbocycles. The Balaban J connectivity index is 1.59. The van der Waals surface area contributed by atoms with Crippen molar-refractivity contribution in [2.24, 2.45) is 0 Å². The Labute approximate surface area is 198 Å². The first-order valence-corrected chi connectivity index (χ1v) is 11.3. The number of esters is 1. The van der Waals surface area contributed by atoms with Crippen molar-refractivity contribution in [2.45, 2.75) is 38.7 Å². The minimum absolute atomic E-state index is 0.295. The summed E-state index contributed by atoms with van der Waals surface area (Å²) in [5.74, 6) is -1.26. The van der Waals surface area contributed by atoms with Gasteiger partial charge in [0.1, 0.15) is 5.75 Å². The summed E-state index contributed by atoms with van der Waals surface area (Å²) < 4.78 is 10.8. The first kappa shape index (κ1) is 24.3. The molecule has 5 nitrogen and oxygen atoms in total. The molecule has 6 heteroatoms. The van der Waals surface area contributed by atoms with Gasteiger partial charge in [0.05, 0.1) is 12.5 Å². The van der Waals surface area contributed by atoms with Crippen molar-refractivity contribution in [3.63, 3.8) is 0 Å². The summed E-state index contributed by atoms with van der Waals surface area (Å²) in [6.07, 6.45) is -0.0822. The largest absolute Gasteiger partial charge is 0.479 e. The van der Waals surface area contributed by atoms with E-state index in [1.807, 2.05) is 48.5 Å². The highest BCUT2D eigenvalue weighted by atomic mass is 35.5. The minimum atomic E-state index is -1.02. The Hall–Kier alpha value is -3.31. The number of carboxylic acids is 1. The number of rotatable bonds is 10. The molecule has 2 unspecified atom stereocenters. The zero-order valence-electron chi connectivity index (χ0n) is 18.7. The lowest BCUT2D eigenvalue weighted by Crippen LogP contribution is -2.27. The molecule has 0 aliphatic heterocycles. The van der Waals surface area contributed by atoms with Crippen LogP contribution in [-0.4, -0.2) is 29.8 Å². The van der Waals surface area contributed by atoms with E-state index < -0.39 is 18.0 Å². The molecule has 0 aliphatic carbocycles. The molecule has 0 saturated carbocycles.